The lowest BCUT2D eigenvalue weighted by atomic mass is 9.89. The highest BCUT2D eigenvalue weighted by atomic mass is 16.6. The Hall–Kier alpha value is -2.70. The number of benzene rings is 1. The average molecular weight is 314 g/mol. The van der Waals surface area contributed by atoms with Crippen LogP contribution in [0, 0.1) is 6.92 Å². The van der Waals surface area contributed by atoms with E-state index < -0.39 is 0 Å². The maximum atomic E-state index is 12.1. The second-order valence-electron chi connectivity index (χ2n) is 5.69. The van der Waals surface area contributed by atoms with Gasteiger partial charge >= 0.3 is 0 Å². The fraction of sp³-hybridized carbons (Fsp3) is 0.375. The standard InChI is InChI=1S/C16H18N4O3/c1-10-13(19-23-18-10)8-15(21)17-9-11-7-16(22)20(2)14-6-4-3-5-12(11)14/h3-6,11H,7-9H2,1-2H3,(H,17,21)/t11-/m0/s1. The van der Waals surface area contributed by atoms with Gasteiger partial charge in [0.2, 0.25) is 11.8 Å². The molecule has 0 saturated carbocycles. The van der Waals surface area contributed by atoms with Crippen molar-refractivity contribution in [1.82, 2.24) is 15.6 Å². The molecule has 3 rings (SSSR count). The van der Waals surface area contributed by atoms with Gasteiger partial charge in [-0.3, -0.25) is 9.59 Å². The lowest BCUT2D eigenvalue weighted by molar-refractivity contribution is -0.122. The molecule has 0 radical (unpaired) electrons. The number of aromatic nitrogens is 2. The van der Waals surface area contributed by atoms with Crippen molar-refractivity contribution in [2.45, 2.75) is 25.7 Å². The van der Waals surface area contributed by atoms with Crippen molar-refractivity contribution in [1.29, 1.82) is 0 Å². The van der Waals surface area contributed by atoms with Crippen LogP contribution in [0.4, 0.5) is 5.69 Å². The molecule has 7 heteroatoms. The molecule has 0 fully saturated rings. The Morgan fingerprint density at radius 3 is 2.91 bits per heavy atom. The Morgan fingerprint density at radius 1 is 1.39 bits per heavy atom. The van der Waals surface area contributed by atoms with Crippen LogP contribution in [0.2, 0.25) is 0 Å². The van der Waals surface area contributed by atoms with Crippen LogP contribution in [0.25, 0.3) is 0 Å². The quantitative estimate of drug-likeness (QED) is 0.915. The van der Waals surface area contributed by atoms with Crippen LogP contribution < -0.4 is 10.2 Å². The van der Waals surface area contributed by atoms with E-state index in [0.717, 1.165) is 11.3 Å². The maximum Gasteiger partial charge on any atom is 0.227 e. The van der Waals surface area contributed by atoms with Gasteiger partial charge in [-0.25, -0.2) is 4.63 Å². The van der Waals surface area contributed by atoms with E-state index in [2.05, 4.69) is 20.3 Å². The van der Waals surface area contributed by atoms with Crippen molar-refractivity contribution >= 4 is 17.5 Å². The predicted molar refractivity (Wildman–Crippen MR) is 83.0 cm³/mol. The molecule has 0 spiro atoms. The summed E-state index contributed by atoms with van der Waals surface area (Å²) in [4.78, 5) is 25.8. The molecule has 0 bridgehead atoms. The van der Waals surface area contributed by atoms with Crippen LogP contribution in [0.1, 0.15) is 29.3 Å². The first kappa shape index (κ1) is 15.2. The summed E-state index contributed by atoms with van der Waals surface area (Å²) in [6, 6.07) is 7.78. The highest BCUT2D eigenvalue weighted by Gasteiger charge is 2.29. The van der Waals surface area contributed by atoms with Gasteiger partial charge in [-0.05, 0) is 18.6 Å². The minimum atomic E-state index is -0.160. The Kier molecular flexibility index (Phi) is 4.10. The largest absolute Gasteiger partial charge is 0.355 e. The molecule has 0 aliphatic carbocycles. The topological polar surface area (TPSA) is 88.3 Å². The van der Waals surface area contributed by atoms with Crippen LogP contribution in [0.15, 0.2) is 28.9 Å². The molecule has 1 aromatic heterocycles. The molecule has 1 aromatic carbocycles. The second kappa shape index (κ2) is 6.20. The minimum Gasteiger partial charge on any atom is -0.355 e. The molecular formula is C16H18N4O3. The summed E-state index contributed by atoms with van der Waals surface area (Å²) >= 11 is 0. The first-order valence-corrected chi connectivity index (χ1v) is 7.46. The van der Waals surface area contributed by atoms with Crippen molar-refractivity contribution in [3.63, 3.8) is 0 Å². The number of aryl methyl sites for hydroxylation is 1. The zero-order valence-electron chi connectivity index (χ0n) is 13.1. The summed E-state index contributed by atoms with van der Waals surface area (Å²) in [5.74, 6) is -0.123. The number of amides is 2. The van der Waals surface area contributed by atoms with Crippen molar-refractivity contribution in [2.24, 2.45) is 0 Å². The molecule has 23 heavy (non-hydrogen) atoms. The third-order valence-corrected chi connectivity index (χ3v) is 4.15. The molecule has 1 aliphatic heterocycles. The van der Waals surface area contributed by atoms with E-state index in [-0.39, 0.29) is 24.2 Å². The summed E-state index contributed by atoms with van der Waals surface area (Å²) in [7, 11) is 1.77. The van der Waals surface area contributed by atoms with Crippen molar-refractivity contribution < 1.29 is 14.2 Å². The number of hydrogen-bond acceptors (Lipinski definition) is 5. The third-order valence-electron chi connectivity index (χ3n) is 4.15. The van der Waals surface area contributed by atoms with Gasteiger partial charge in [0.05, 0.1) is 6.42 Å². The highest BCUT2D eigenvalue weighted by Crippen LogP contribution is 2.34. The van der Waals surface area contributed by atoms with E-state index >= 15 is 0 Å². The van der Waals surface area contributed by atoms with Gasteiger partial charge in [-0.2, -0.15) is 0 Å². The number of nitrogens with zero attached hydrogens (tertiary/aromatic N) is 3. The van der Waals surface area contributed by atoms with Crippen molar-refractivity contribution in [2.75, 3.05) is 18.5 Å². The van der Waals surface area contributed by atoms with E-state index in [9.17, 15) is 9.59 Å². The molecule has 7 nitrogen and oxygen atoms in total. The fourth-order valence-electron chi connectivity index (χ4n) is 2.77. The minimum absolute atomic E-state index is 0.0182. The van der Waals surface area contributed by atoms with E-state index in [0.29, 0.717) is 24.4 Å². The number of carbonyl (C=O) groups excluding carboxylic acids is 2. The first-order chi connectivity index (χ1) is 11.1. The van der Waals surface area contributed by atoms with Crippen LogP contribution in [-0.2, 0) is 16.0 Å². The normalized spacial score (nSPS) is 17.0. The van der Waals surface area contributed by atoms with E-state index in [1.165, 1.54) is 0 Å². The molecule has 2 amide bonds. The Labute approximate surface area is 133 Å². The number of fused-ring (bicyclic) bond motifs is 1. The summed E-state index contributed by atoms with van der Waals surface area (Å²) < 4.78 is 4.58. The lowest BCUT2D eigenvalue weighted by Gasteiger charge is -2.31. The fourth-order valence-corrected chi connectivity index (χ4v) is 2.77. The molecule has 2 heterocycles. The summed E-state index contributed by atoms with van der Waals surface area (Å²) in [5.41, 5.74) is 3.12. The molecule has 1 N–H and O–H groups in total. The molecule has 120 valence electrons. The van der Waals surface area contributed by atoms with Gasteiger partial charge in [0.1, 0.15) is 11.4 Å². The third kappa shape index (κ3) is 3.08. The second-order valence-corrected chi connectivity index (χ2v) is 5.69. The summed E-state index contributed by atoms with van der Waals surface area (Å²) in [6.07, 6.45) is 0.510. The van der Waals surface area contributed by atoms with Gasteiger partial charge in [0, 0.05) is 31.6 Å². The van der Waals surface area contributed by atoms with Crippen molar-refractivity contribution in [3.8, 4) is 0 Å². The zero-order chi connectivity index (χ0) is 16.4. The molecule has 0 unspecified atom stereocenters. The molecular weight excluding hydrogens is 296 g/mol. The van der Waals surface area contributed by atoms with E-state index in [1.807, 2.05) is 24.3 Å². The highest BCUT2D eigenvalue weighted by molar-refractivity contribution is 5.96. The van der Waals surface area contributed by atoms with Gasteiger partial charge in [0.15, 0.2) is 0 Å². The number of hydrogen-bond donors (Lipinski definition) is 1. The smallest absolute Gasteiger partial charge is 0.227 e. The maximum absolute atomic E-state index is 12.1. The summed E-state index contributed by atoms with van der Waals surface area (Å²) in [5, 5.41) is 10.2. The van der Waals surface area contributed by atoms with Gasteiger partial charge < -0.3 is 10.2 Å². The Balaban J connectivity index is 1.66. The number of anilines is 1. The average Bonchev–Trinajstić information content (AvgIpc) is 2.94. The molecule has 0 saturated heterocycles. The number of nitrogens with one attached hydrogen (secondary N) is 1. The Morgan fingerprint density at radius 2 is 2.17 bits per heavy atom. The first-order valence-electron chi connectivity index (χ1n) is 7.46. The lowest BCUT2D eigenvalue weighted by Crippen LogP contribution is -2.38. The number of carbonyl (C=O) groups is 2. The molecule has 2 aromatic rings. The summed E-state index contributed by atoms with van der Waals surface area (Å²) in [6.45, 7) is 2.16. The molecule has 1 aliphatic rings. The zero-order valence-corrected chi connectivity index (χ0v) is 13.1. The monoisotopic (exact) mass is 314 g/mol. The van der Waals surface area contributed by atoms with Gasteiger partial charge in [-0.15, -0.1) is 0 Å². The number of rotatable bonds is 4. The van der Waals surface area contributed by atoms with Crippen LogP contribution in [-0.4, -0.2) is 35.7 Å². The SMILES string of the molecule is Cc1nonc1CC(=O)NC[C@@H]1CC(=O)N(C)c2ccccc21. The van der Waals surface area contributed by atoms with Gasteiger partial charge in [-0.1, -0.05) is 28.5 Å². The van der Waals surface area contributed by atoms with Crippen molar-refractivity contribution in [3.05, 3.63) is 41.2 Å². The van der Waals surface area contributed by atoms with Crippen LogP contribution >= 0.6 is 0 Å². The predicted octanol–water partition coefficient (Wildman–Crippen LogP) is 1.19. The molecule has 1 atom stereocenters. The van der Waals surface area contributed by atoms with Crippen LogP contribution in [0.3, 0.4) is 0 Å². The van der Waals surface area contributed by atoms with E-state index in [4.69, 9.17) is 0 Å². The number of para-hydroxylation sites is 1. The van der Waals surface area contributed by atoms with E-state index in [1.54, 1.807) is 18.9 Å². The van der Waals surface area contributed by atoms with Gasteiger partial charge in [0.25, 0.3) is 0 Å². The van der Waals surface area contributed by atoms with Crippen LogP contribution in [0.5, 0.6) is 0 Å². The Bertz CT molecular complexity index is 740.